The predicted octanol–water partition coefficient (Wildman–Crippen LogP) is 0.394. The van der Waals surface area contributed by atoms with Crippen LogP contribution >= 0.6 is 0 Å². The summed E-state index contributed by atoms with van der Waals surface area (Å²) >= 11 is 0. The normalized spacial score (nSPS) is 33.8. The predicted molar refractivity (Wildman–Crippen MR) is 46.5 cm³/mol. The van der Waals surface area contributed by atoms with Gasteiger partial charge in [0.15, 0.2) is 0 Å². The third-order valence-electron chi connectivity index (χ3n) is 3.41. The van der Waals surface area contributed by atoms with Gasteiger partial charge in [-0.2, -0.15) is 0 Å². The average Bonchev–Trinajstić information content (AvgIpc) is 2.37. The Morgan fingerprint density at radius 3 is 2.50 bits per heavy atom. The highest BCUT2D eigenvalue weighted by atomic mass is 16.2. The highest BCUT2D eigenvalue weighted by molar-refractivity contribution is 5.85. The van der Waals surface area contributed by atoms with E-state index in [4.69, 9.17) is 5.73 Å². The summed E-state index contributed by atoms with van der Waals surface area (Å²) in [7, 11) is 0. The smallest absolute Gasteiger partial charge is 0.237 e. The van der Waals surface area contributed by atoms with Gasteiger partial charge in [0.05, 0.1) is 6.04 Å². The van der Waals surface area contributed by atoms with Crippen molar-refractivity contribution in [1.29, 1.82) is 0 Å². The van der Waals surface area contributed by atoms with Gasteiger partial charge in [0.25, 0.3) is 0 Å². The molecule has 0 radical (unpaired) electrons. The third-order valence-corrected chi connectivity index (χ3v) is 3.41. The Bertz CT molecular complexity index is 197. The molecule has 3 nitrogen and oxygen atoms in total. The first-order chi connectivity index (χ1) is 5.75. The SMILES string of the molecule is NC1C(=O)NCC12CCCCC2. The number of carbonyl (C=O) groups excluding carboxylic acids is 1. The summed E-state index contributed by atoms with van der Waals surface area (Å²) in [6, 6.07) is -0.238. The van der Waals surface area contributed by atoms with Gasteiger partial charge in [-0.3, -0.25) is 4.79 Å². The number of hydrogen-bond acceptors (Lipinski definition) is 2. The number of carbonyl (C=O) groups is 1. The molecule has 1 spiro atoms. The van der Waals surface area contributed by atoms with Crippen LogP contribution < -0.4 is 11.1 Å². The number of amides is 1. The van der Waals surface area contributed by atoms with Gasteiger partial charge in [-0.1, -0.05) is 19.3 Å². The Labute approximate surface area is 72.7 Å². The van der Waals surface area contributed by atoms with Gasteiger partial charge in [-0.25, -0.2) is 0 Å². The molecule has 2 aliphatic rings. The summed E-state index contributed by atoms with van der Waals surface area (Å²) in [5.41, 5.74) is 6.00. The zero-order chi connectivity index (χ0) is 8.60. The van der Waals surface area contributed by atoms with Crippen LogP contribution in [0.5, 0.6) is 0 Å². The Hall–Kier alpha value is -0.570. The van der Waals surface area contributed by atoms with Crippen LogP contribution in [-0.4, -0.2) is 18.5 Å². The molecule has 0 aromatic heterocycles. The number of nitrogens with two attached hydrogens (primary N) is 1. The van der Waals surface area contributed by atoms with E-state index in [1.54, 1.807) is 0 Å². The van der Waals surface area contributed by atoms with Crippen LogP contribution in [0.2, 0.25) is 0 Å². The summed E-state index contributed by atoms with van der Waals surface area (Å²) in [6.07, 6.45) is 6.05. The van der Waals surface area contributed by atoms with Crippen LogP contribution in [0.1, 0.15) is 32.1 Å². The molecule has 1 aliphatic carbocycles. The zero-order valence-electron chi connectivity index (χ0n) is 7.31. The van der Waals surface area contributed by atoms with E-state index in [0.717, 1.165) is 19.4 Å². The van der Waals surface area contributed by atoms with Crippen molar-refractivity contribution in [2.75, 3.05) is 6.54 Å². The summed E-state index contributed by atoms with van der Waals surface area (Å²) in [6.45, 7) is 0.812. The van der Waals surface area contributed by atoms with Crippen molar-refractivity contribution < 1.29 is 4.79 Å². The molecule has 1 amide bonds. The summed E-state index contributed by atoms with van der Waals surface area (Å²) in [5.74, 6) is 0.0527. The molecule has 1 aliphatic heterocycles. The second kappa shape index (κ2) is 2.73. The maximum absolute atomic E-state index is 11.2. The largest absolute Gasteiger partial charge is 0.354 e. The van der Waals surface area contributed by atoms with Gasteiger partial charge in [0.2, 0.25) is 5.91 Å². The summed E-state index contributed by atoms with van der Waals surface area (Å²) < 4.78 is 0. The fourth-order valence-corrected chi connectivity index (χ4v) is 2.50. The molecule has 1 heterocycles. The molecule has 1 unspecified atom stereocenters. The standard InChI is InChI=1S/C9H16N2O/c10-7-8(12)11-6-9(7)4-2-1-3-5-9/h7H,1-6,10H2,(H,11,12). The Morgan fingerprint density at radius 2 is 2.00 bits per heavy atom. The zero-order valence-corrected chi connectivity index (χ0v) is 7.31. The molecular formula is C9H16N2O. The van der Waals surface area contributed by atoms with E-state index in [1.807, 2.05) is 0 Å². The van der Waals surface area contributed by atoms with Gasteiger partial charge in [-0.15, -0.1) is 0 Å². The molecule has 1 saturated heterocycles. The summed E-state index contributed by atoms with van der Waals surface area (Å²) in [5, 5.41) is 2.87. The molecule has 2 fully saturated rings. The molecule has 2 rings (SSSR count). The molecule has 0 aromatic carbocycles. The van der Waals surface area contributed by atoms with Crippen LogP contribution in [0.3, 0.4) is 0 Å². The van der Waals surface area contributed by atoms with Crippen LogP contribution in [0.15, 0.2) is 0 Å². The lowest BCUT2D eigenvalue weighted by Crippen LogP contribution is -2.43. The number of nitrogens with one attached hydrogen (secondary N) is 1. The van der Waals surface area contributed by atoms with Crippen molar-refractivity contribution in [3.05, 3.63) is 0 Å². The summed E-state index contributed by atoms with van der Waals surface area (Å²) in [4.78, 5) is 11.2. The van der Waals surface area contributed by atoms with Crippen LogP contribution in [0.25, 0.3) is 0 Å². The Morgan fingerprint density at radius 1 is 1.33 bits per heavy atom. The molecular weight excluding hydrogens is 152 g/mol. The van der Waals surface area contributed by atoms with E-state index in [2.05, 4.69) is 5.32 Å². The molecule has 3 heteroatoms. The minimum atomic E-state index is -0.238. The van der Waals surface area contributed by atoms with Crippen molar-refractivity contribution in [3.8, 4) is 0 Å². The maximum Gasteiger partial charge on any atom is 0.237 e. The lowest BCUT2D eigenvalue weighted by molar-refractivity contribution is -0.121. The highest BCUT2D eigenvalue weighted by Gasteiger charge is 2.46. The topological polar surface area (TPSA) is 55.1 Å². The van der Waals surface area contributed by atoms with Crippen molar-refractivity contribution in [3.63, 3.8) is 0 Å². The Kier molecular flexibility index (Phi) is 1.83. The quantitative estimate of drug-likeness (QED) is 0.550. The second-order valence-electron chi connectivity index (χ2n) is 4.12. The van der Waals surface area contributed by atoms with Crippen LogP contribution in [-0.2, 0) is 4.79 Å². The second-order valence-corrected chi connectivity index (χ2v) is 4.12. The van der Waals surface area contributed by atoms with Gasteiger partial charge in [0.1, 0.15) is 0 Å². The highest BCUT2D eigenvalue weighted by Crippen LogP contribution is 2.40. The minimum Gasteiger partial charge on any atom is -0.354 e. The molecule has 0 aromatic rings. The van der Waals surface area contributed by atoms with Crippen molar-refractivity contribution in [1.82, 2.24) is 5.32 Å². The monoisotopic (exact) mass is 168 g/mol. The van der Waals surface area contributed by atoms with E-state index in [1.165, 1.54) is 19.3 Å². The number of hydrogen-bond donors (Lipinski definition) is 2. The molecule has 0 bridgehead atoms. The third kappa shape index (κ3) is 1.04. The van der Waals surface area contributed by atoms with E-state index < -0.39 is 0 Å². The molecule has 3 N–H and O–H groups in total. The van der Waals surface area contributed by atoms with Crippen molar-refractivity contribution in [2.24, 2.45) is 11.1 Å². The molecule has 12 heavy (non-hydrogen) atoms. The first-order valence-electron chi connectivity index (χ1n) is 4.78. The van der Waals surface area contributed by atoms with E-state index in [0.29, 0.717) is 0 Å². The molecule has 1 saturated carbocycles. The van der Waals surface area contributed by atoms with Crippen molar-refractivity contribution >= 4 is 5.91 Å². The lowest BCUT2D eigenvalue weighted by atomic mass is 9.71. The van der Waals surface area contributed by atoms with Gasteiger partial charge in [0, 0.05) is 12.0 Å². The van der Waals surface area contributed by atoms with Gasteiger partial charge < -0.3 is 11.1 Å². The van der Waals surface area contributed by atoms with Crippen LogP contribution in [0.4, 0.5) is 0 Å². The fourth-order valence-electron chi connectivity index (χ4n) is 2.50. The maximum atomic E-state index is 11.2. The fraction of sp³-hybridized carbons (Fsp3) is 0.889. The van der Waals surface area contributed by atoms with Gasteiger partial charge >= 0.3 is 0 Å². The average molecular weight is 168 g/mol. The van der Waals surface area contributed by atoms with Crippen LogP contribution in [0, 0.1) is 5.41 Å². The Balaban J connectivity index is 2.14. The van der Waals surface area contributed by atoms with Crippen molar-refractivity contribution in [2.45, 2.75) is 38.1 Å². The minimum absolute atomic E-state index is 0.0527. The molecule has 1 atom stereocenters. The van der Waals surface area contributed by atoms with E-state index >= 15 is 0 Å². The van der Waals surface area contributed by atoms with Gasteiger partial charge in [-0.05, 0) is 12.8 Å². The first kappa shape index (κ1) is 8.05. The lowest BCUT2D eigenvalue weighted by Gasteiger charge is -2.34. The first-order valence-corrected chi connectivity index (χ1v) is 4.78. The number of rotatable bonds is 0. The molecule has 68 valence electrons. The van der Waals surface area contributed by atoms with E-state index in [9.17, 15) is 4.79 Å². The van der Waals surface area contributed by atoms with E-state index in [-0.39, 0.29) is 17.4 Å².